The lowest BCUT2D eigenvalue weighted by Gasteiger charge is -2.14. The normalized spacial score (nSPS) is 15.7. The zero-order valence-corrected chi connectivity index (χ0v) is 13.8. The minimum absolute atomic E-state index is 0.883. The Hall–Kier alpha value is -0.840. The highest BCUT2D eigenvalue weighted by Gasteiger charge is 2.11. The van der Waals surface area contributed by atoms with E-state index in [1.165, 1.54) is 46.5 Å². The van der Waals surface area contributed by atoms with E-state index in [0.29, 0.717) is 0 Å². The van der Waals surface area contributed by atoms with Crippen LogP contribution in [-0.4, -0.2) is 18.0 Å². The number of hydrogen-bond acceptors (Lipinski definition) is 3. The monoisotopic (exact) mass is 350 g/mol. The minimum Gasteiger partial charge on any atom is -0.381 e. The Kier molecular flexibility index (Phi) is 4.76. The molecule has 4 heteroatoms. The molecule has 2 aromatic rings. The summed E-state index contributed by atoms with van der Waals surface area (Å²) >= 11 is 5.23. The molecule has 20 heavy (non-hydrogen) atoms. The molecule has 106 valence electrons. The topological polar surface area (TPSA) is 15.3 Å². The van der Waals surface area contributed by atoms with Crippen LogP contribution in [0.25, 0.3) is 0 Å². The first-order valence-electron chi connectivity index (χ1n) is 7.08. The van der Waals surface area contributed by atoms with Crippen molar-refractivity contribution in [2.75, 3.05) is 18.4 Å². The largest absolute Gasteiger partial charge is 0.381 e. The Morgan fingerprint density at radius 2 is 1.85 bits per heavy atom. The first-order valence-corrected chi connectivity index (χ1v) is 8.75. The van der Waals surface area contributed by atoms with E-state index in [1.807, 2.05) is 0 Å². The zero-order chi connectivity index (χ0) is 13.8. The third-order valence-corrected chi connectivity index (χ3v) is 5.23. The van der Waals surface area contributed by atoms with Gasteiger partial charge in [0.15, 0.2) is 0 Å². The maximum absolute atomic E-state index is 3.50. The van der Waals surface area contributed by atoms with Gasteiger partial charge in [-0.05, 0) is 76.6 Å². The third-order valence-electron chi connectivity index (χ3n) is 3.68. The Balaban J connectivity index is 1.52. The average molecular weight is 351 g/mol. The van der Waals surface area contributed by atoms with Crippen LogP contribution in [0.2, 0.25) is 0 Å². The Morgan fingerprint density at radius 3 is 2.50 bits per heavy atom. The van der Waals surface area contributed by atoms with Crippen LogP contribution in [0.15, 0.2) is 39.5 Å². The SMILES string of the molecule is Brc1cc(CNc2ccc(CN3CCCC3)cc2)cs1. The molecule has 1 N–H and O–H groups in total. The molecule has 1 saturated heterocycles. The Labute approximate surface area is 132 Å². The quantitative estimate of drug-likeness (QED) is 0.839. The zero-order valence-electron chi connectivity index (χ0n) is 11.4. The van der Waals surface area contributed by atoms with Gasteiger partial charge in [-0.1, -0.05) is 12.1 Å². The van der Waals surface area contributed by atoms with Crippen LogP contribution in [0, 0.1) is 0 Å². The predicted octanol–water partition coefficient (Wildman–Crippen LogP) is 4.72. The van der Waals surface area contributed by atoms with Gasteiger partial charge < -0.3 is 5.32 Å². The number of halogens is 1. The van der Waals surface area contributed by atoms with Crippen LogP contribution in [0.4, 0.5) is 5.69 Å². The van der Waals surface area contributed by atoms with Gasteiger partial charge >= 0.3 is 0 Å². The van der Waals surface area contributed by atoms with Crippen LogP contribution >= 0.6 is 27.3 Å². The Bertz CT molecular complexity index is 544. The highest BCUT2D eigenvalue weighted by atomic mass is 79.9. The first kappa shape index (κ1) is 14.1. The molecule has 1 aliphatic rings. The fraction of sp³-hybridized carbons (Fsp3) is 0.375. The van der Waals surface area contributed by atoms with Gasteiger partial charge in [-0.3, -0.25) is 4.90 Å². The van der Waals surface area contributed by atoms with E-state index >= 15 is 0 Å². The highest BCUT2D eigenvalue weighted by molar-refractivity contribution is 9.11. The van der Waals surface area contributed by atoms with E-state index < -0.39 is 0 Å². The summed E-state index contributed by atoms with van der Waals surface area (Å²) in [5.74, 6) is 0. The molecule has 2 nitrogen and oxygen atoms in total. The highest BCUT2D eigenvalue weighted by Crippen LogP contribution is 2.22. The summed E-state index contributed by atoms with van der Waals surface area (Å²) in [5, 5.41) is 5.65. The summed E-state index contributed by atoms with van der Waals surface area (Å²) in [5.41, 5.74) is 3.93. The van der Waals surface area contributed by atoms with Crippen LogP contribution in [0.3, 0.4) is 0 Å². The predicted molar refractivity (Wildman–Crippen MR) is 90.3 cm³/mol. The summed E-state index contributed by atoms with van der Waals surface area (Å²) in [4.78, 5) is 2.53. The van der Waals surface area contributed by atoms with Crippen molar-refractivity contribution >= 4 is 33.0 Å². The van der Waals surface area contributed by atoms with Gasteiger partial charge in [-0.15, -0.1) is 11.3 Å². The fourth-order valence-electron chi connectivity index (χ4n) is 2.57. The summed E-state index contributed by atoms with van der Waals surface area (Å²) in [6.45, 7) is 4.49. The minimum atomic E-state index is 0.883. The van der Waals surface area contributed by atoms with E-state index in [1.54, 1.807) is 11.3 Å². The molecule has 0 radical (unpaired) electrons. The molecule has 0 amide bonds. The smallest absolute Gasteiger partial charge is 0.0701 e. The van der Waals surface area contributed by atoms with Crippen LogP contribution < -0.4 is 5.32 Å². The third kappa shape index (κ3) is 3.84. The number of nitrogens with one attached hydrogen (secondary N) is 1. The van der Waals surface area contributed by atoms with Gasteiger partial charge in [0.1, 0.15) is 0 Å². The van der Waals surface area contributed by atoms with Gasteiger partial charge in [-0.2, -0.15) is 0 Å². The maximum atomic E-state index is 3.50. The number of benzene rings is 1. The van der Waals surface area contributed by atoms with Gasteiger partial charge in [0.05, 0.1) is 3.79 Å². The van der Waals surface area contributed by atoms with E-state index in [9.17, 15) is 0 Å². The second-order valence-electron chi connectivity index (χ2n) is 5.29. The van der Waals surface area contributed by atoms with Crippen molar-refractivity contribution < 1.29 is 0 Å². The molecule has 1 aliphatic heterocycles. The summed E-state index contributed by atoms with van der Waals surface area (Å²) in [6.07, 6.45) is 2.71. The van der Waals surface area contributed by atoms with Crippen molar-refractivity contribution in [3.8, 4) is 0 Å². The number of likely N-dealkylation sites (tertiary alicyclic amines) is 1. The molecular weight excluding hydrogens is 332 g/mol. The standard InChI is InChI=1S/C16H19BrN2S/c17-16-9-14(12-20-16)10-18-15-5-3-13(4-6-15)11-19-7-1-2-8-19/h3-6,9,12,18H,1-2,7-8,10-11H2. The fourth-order valence-corrected chi connectivity index (χ4v) is 3.78. The number of anilines is 1. The number of nitrogens with zero attached hydrogens (tertiary/aromatic N) is 1. The van der Waals surface area contributed by atoms with Gasteiger partial charge in [0, 0.05) is 18.8 Å². The maximum Gasteiger partial charge on any atom is 0.0701 e. The lowest BCUT2D eigenvalue weighted by Crippen LogP contribution is -2.18. The van der Waals surface area contributed by atoms with Crippen LogP contribution in [0.1, 0.15) is 24.0 Å². The lowest BCUT2D eigenvalue weighted by atomic mass is 10.2. The van der Waals surface area contributed by atoms with Gasteiger partial charge in [-0.25, -0.2) is 0 Å². The Morgan fingerprint density at radius 1 is 1.10 bits per heavy atom. The van der Waals surface area contributed by atoms with Crippen molar-refractivity contribution in [3.05, 3.63) is 50.6 Å². The molecule has 0 bridgehead atoms. The van der Waals surface area contributed by atoms with E-state index in [0.717, 1.165) is 13.1 Å². The number of thiophene rings is 1. The van der Waals surface area contributed by atoms with Crippen molar-refractivity contribution in [3.63, 3.8) is 0 Å². The van der Waals surface area contributed by atoms with Crippen LogP contribution in [-0.2, 0) is 13.1 Å². The molecule has 2 heterocycles. The molecule has 0 atom stereocenters. The molecule has 0 unspecified atom stereocenters. The van der Waals surface area contributed by atoms with Gasteiger partial charge in [0.2, 0.25) is 0 Å². The van der Waals surface area contributed by atoms with Crippen molar-refractivity contribution in [1.29, 1.82) is 0 Å². The van der Waals surface area contributed by atoms with Crippen molar-refractivity contribution in [2.45, 2.75) is 25.9 Å². The first-order chi connectivity index (χ1) is 9.79. The number of hydrogen-bond donors (Lipinski definition) is 1. The summed E-state index contributed by atoms with van der Waals surface area (Å²) < 4.78 is 1.19. The molecule has 1 aromatic carbocycles. The molecular formula is C16H19BrN2S. The lowest BCUT2D eigenvalue weighted by molar-refractivity contribution is 0.331. The molecule has 3 rings (SSSR count). The molecule has 1 aromatic heterocycles. The van der Waals surface area contributed by atoms with E-state index in [2.05, 4.69) is 61.9 Å². The molecule has 0 aliphatic carbocycles. The summed E-state index contributed by atoms with van der Waals surface area (Å²) in [6, 6.07) is 11.0. The second-order valence-corrected chi connectivity index (χ2v) is 7.58. The van der Waals surface area contributed by atoms with Crippen molar-refractivity contribution in [1.82, 2.24) is 4.90 Å². The molecule has 0 saturated carbocycles. The molecule has 1 fully saturated rings. The summed E-state index contributed by atoms with van der Waals surface area (Å²) in [7, 11) is 0. The average Bonchev–Trinajstić information content (AvgIpc) is 3.10. The second kappa shape index (κ2) is 6.74. The van der Waals surface area contributed by atoms with Crippen LogP contribution in [0.5, 0.6) is 0 Å². The van der Waals surface area contributed by atoms with E-state index in [4.69, 9.17) is 0 Å². The van der Waals surface area contributed by atoms with E-state index in [-0.39, 0.29) is 0 Å². The van der Waals surface area contributed by atoms with Gasteiger partial charge in [0.25, 0.3) is 0 Å². The number of rotatable bonds is 5. The molecule has 0 spiro atoms. The van der Waals surface area contributed by atoms with Crippen molar-refractivity contribution in [2.24, 2.45) is 0 Å².